The summed E-state index contributed by atoms with van der Waals surface area (Å²) in [6.07, 6.45) is 0. The fourth-order valence-electron chi connectivity index (χ4n) is 2.48. The lowest BCUT2D eigenvalue weighted by molar-refractivity contribution is -0.131. The largest absolute Gasteiger partial charge is 0.336 e. The Morgan fingerprint density at radius 1 is 1.20 bits per heavy atom. The molecule has 156 valence electrons. The summed E-state index contributed by atoms with van der Waals surface area (Å²) in [5, 5.41) is 11.5. The molecule has 0 saturated carbocycles. The Kier molecular flexibility index (Phi) is 6.91. The third-order valence-electron chi connectivity index (χ3n) is 4.04. The van der Waals surface area contributed by atoms with E-state index in [1.807, 2.05) is 0 Å². The number of nitrogens with zero attached hydrogens (tertiary/aromatic N) is 4. The lowest BCUT2D eigenvalue weighted by Crippen LogP contribution is -2.36. The molecule has 0 spiro atoms. The highest BCUT2D eigenvalue weighted by atomic mass is 35.5. The number of amides is 2. The van der Waals surface area contributed by atoms with Crippen molar-refractivity contribution in [2.45, 2.75) is 5.16 Å². The predicted molar refractivity (Wildman–Crippen MR) is 114 cm³/mol. The van der Waals surface area contributed by atoms with E-state index in [1.54, 1.807) is 24.3 Å². The van der Waals surface area contributed by atoms with Gasteiger partial charge in [-0.25, -0.2) is 9.07 Å². The van der Waals surface area contributed by atoms with E-state index in [0.717, 1.165) is 11.8 Å². The normalized spacial score (nSPS) is 10.6. The fraction of sp³-hybridized carbons (Fsp3) is 0.158. The number of anilines is 1. The van der Waals surface area contributed by atoms with Gasteiger partial charge in [-0.05, 0) is 36.4 Å². The van der Waals surface area contributed by atoms with Crippen LogP contribution in [-0.4, -0.2) is 50.9 Å². The fourth-order valence-corrected chi connectivity index (χ4v) is 3.49. The van der Waals surface area contributed by atoms with Crippen LogP contribution < -0.4 is 11.2 Å². The molecule has 0 saturated heterocycles. The van der Waals surface area contributed by atoms with E-state index in [4.69, 9.17) is 17.4 Å². The van der Waals surface area contributed by atoms with E-state index < -0.39 is 11.7 Å². The second-order valence-electron chi connectivity index (χ2n) is 6.25. The van der Waals surface area contributed by atoms with Crippen molar-refractivity contribution in [1.29, 1.82) is 0 Å². The first kappa shape index (κ1) is 21.6. The molecule has 8 nitrogen and oxygen atoms in total. The number of nitrogens with two attached hydrogens (primary N) is 1. The van der Waals surface area contributed by atoms with Crippen LogP contribution in [0.15, 0.2) is 53.7 Å². The van der Waals surface area contributed by atoms with Gasteiger partial charge in [0.25, 0.3) is 0 Å². The van der Waals surface area contributed by atoms with Crippen molar-refractivity contribution < 1.29 is 14.0 Å². The van der Waals surface area contributed by atoms with Crippen molar-refractivity contribution in [2.75, 3.05) is 30.5 Å². The number of nitrogens with one attached hydrogen (secondary N) is 1. The van der Waals surface area contributed by atoms with Crippen molar-refractivity contribution >= 4 is 40.9 Å². The van der Waals surface area contributed by atoms with Crippen LogP contribution >= 0.6 is 23.4 Å². The van der Waals surface area contributed by atoms with Gasteiger partial charge in [0.05, 0.1) is 17.3 Å². The van der Waals surface area contributed by atoms with Crippen LogP contribution in [0.25, 0.3) is 11.4 Å². The molecular formula is C19H18ClFN6O2S. The molecule has 1 aromatic heterocycles. The first-order valence-electron chi connectivity index (χ1n) is 8.72. The minimum atomic E-state index is -0.400. The number of halogens is 2. The maximum absolute atomic E-state index is 12.9. The molecule has 3 N–H and O–H groups in total. The highest BCUT2D eigenvalue weighted by Crippen LogP contribution is 2.27. The molecule has 0 fully saturated rings. The van der Waals surface area contributed by atoms with Gasteiger partial charge < -0.3 is 16.1 Å². The zero-order chi connectivity index (χ0) is 21.7. The number of thioether (sulfide) groups is 1. The van der Waals surface area contributed by atoms with Gasteiger partial charge in [-0.2, -0.15) is 0 Å². The Bertz CT molecular complexity index is 1060. The number of aromatic nitrogens is 3. The van der Waals surface area contributed by atoms with E-state index in [2.05, 4.69) is 15.5 Å². The minimum absolute atomic E-state index is 0.0121. The topological polar surface area (TPSA) is 106 Å². The highest BCUT2D eigenvalue weighted by molar-refractivity contribution is 7.99. The lowest BCUT2D eigenvalue weighted by atomic mass is 10.2. The van der Waals surface area contributed by atoms with Crippen molar-refractivity contribution in [3.05, 3.63) is 59.4 Å². The van der Waals surface area contributed by atoms with Crippen LogP contribution in [0.3, 0.4) is 0 Å². The molecular weight excluding hydrogens is 431 g/mol. The number of nitrogen functional groups attached to an aromatic ring is 1. The first-order valence-corrected chi connectivity index (χ1v) is 10.1. The van der Waals surface area contributed by atoms with Crippen LogP contribution in [0, 0.1) is 5.82 Å². The number of carbonyl (C=O) groups excluding carboxylic acids is 2. The number of benzene rings is 2. The molecule has 30 heavy (non-hydrogen) atoms. The van der Waals surface area contributed by atoms with Gasteiger partial charge in [0, 0.05) is 18.3 Å². The van der Waals surface area contributed by atoms with E-state index in [0.29, 0.717) is 27.3 Å². The summed E-state index contributed by atoms with van der Waals surface area (Å²) < 4.78 is 14.2. The van der Waals surface area contributed by atoms with Crippen LogP contribution in [0.2, 0.25) is 5.02 Å². The Morgan fingerprint density at radius 3 is 2.60 bits per heavy atom. The summed E-state index contributed by atoms with van der Waals surface area (Å²) in [5.74, 6) is 5.34. The molecule has 0 aliphatic heterocycles. The molecule has 0 atom stereocenters. The summed E-state index contributed by atoms with van der Waals surface area (Å²) in [5.41, 5.74) is 1.07. The summed E-state index contributed by atoms with van der Waals surface area (Å²) in [7, 11) is 1.51. The molecule has 3 aromatic rings. The molecule has 0 radical (unpaired) electrons. The van der Waals surface area contributed by atoms with Crippen molar-refractivity contribution in [2.24, 2.45) is 0 Å². The number of likely N-dealkylation sites (N-methyl/N-ethyl adjacent to an activating group) is 1. The lowest BCUT2D eigenvalue weighted by Gasteiger charge is -2.16. The number of rotatable bonds is 7. The molecule has 2 amide bonds. The van der Waals surface area contributed by atoms with E-state index >= 15 is 0 Å². The average molecular weight is 449 g/mol. The Morgan fingerprint density at radius 2 is 1.90 bits per heavy atom. The van der Waals surface area contributed by atoms with Gasteiger partial charge in [-0.15, -0.1) is 10.2 Å². The smallest absolute Gasteiger partial charge is 0.243 e. The second kappa shape index (κ2) is 9.59. The minimum Gasteiger partial charge on any atom is -0.336 e. The number of hydrogen-bond acceptors (Lipinski definition) is 6. The summed E-state index contributed by atoms with van der Waals surface area (Å²) in [6, 6.07) is 12.4. The van der Waals surface area contributed by atoms with Gasteiger partial charge >= 0.3 is 0 Å². The molecule has 0 bridgehead atoms. The second-order valence-corrected chi connectivity index (χ2v) is 7.60. The number of carbonyl (C=O) groups is 2. The van der Waals surface area contributed by atoms with Crippen molar-refractivity contribution in [1.82, 2.24) is 19.8 Å². The molecule has 0 aliphatic carbocycles. The SMILES string of the molecule is CN(CC(=O)Nc1ccc(F)cc1)C(=O)CSc1nnc(-c2ccccc2Cl)n1N. The molecule has 1 heterocycles. The van der Waals surface area contributed by atoms with E-state index in [-0.39, 0.29) is 18.2 Å². The van der Waals surface area contributed by atoms with Crippen molar-refractivity contribution in [3.63, 3.8) is 0 Å². The highest BCUT2D eigenvalue weighted by Gasteiger charge is 2.18. The maximum Gasteiger partial charge on any atom is 0.243 e. The summed E-state index contributed by atoms with van der Waals surface area (Å²) in [6.45, 7) is -0.156. The summed E-state index contributed by atoms with van der Waals surface area (Å²) >= 11 is 7.26. The van der Waals surface area contributed by atoms with Gasteiger partial charge in [0.1, 0.15) is 5.82 Å². The van der Waals surface area contributed by atoms with Crippen LogP contribution in [-0.2, 0) is 9.59 Å². The van der Waals surface area contributed by atoms with Crippen LogP contribution in [0.5, 0.6) is 0 Å². The quantitative estimate of drug-likeness (QED) is 0.425. The molecule has 2 aromatic carbocycles. The molecule has 3 rings (SSSR count). The van der Waals surface area contributed by atoms with Crippen LogP contribution in [0.1, 0.15) is 0 Å². The zero-order valence-corrected chi connectivity index (χ0v) is 17.5. The zero-order valence-electron chi connectivity index (χ0n) is 15.9. The van der Waals surface area contributed by atoms with Gasteiger partial charge in [0.15, 0.2) is 5.82 Å². The van der Waals surface area contributed by atoms with E-state index in [9.17, 15) is 14.0 Å². The first-order chi connectivity index (χ1) is 14.3. The third kappa shape index (κ3) is 5.28. The Labute approximate surface area is 181 Å². The maximum atomic E-state index is 12.9. The van der Waals surface area contributed by atoms with Crippen molar-refractivity contribution in [3.8, 4) is 11.4 Å². The van der Waals surface area contributed by atoms with Crippen LogP contribution in [0.4, 0.5) is 10.1 Å². The predicted octanol–water partition coefficient (Wildman–Crippen LogP) is 2.64. The Hall–Kier alpha value is -3.11. The molecule has 11 heteroatoms. The Balaban J connectivity index is 1.54. The van der Waals surface area contributed by atoms with Gasteiger partial charge in [-0.1, -0.05) is 35.5 Å². The van der Waals surface area contributed by atoms with Gasteiger partial charge in [-0.3, -0.25) is 9.59 Å². The monoisotopic (exact) mass is 448 g/mol. The summed E-state index contributed by atoms with van der Waals surface area (Å²) in [4.78, 5) is 25.7. The molecule has 0 unspecified atom stereocenters. The standard InChI is InChI=1S/C19H18ClFN6O2S/c1-26(10-16(28)23-13-8-6-12(21)7-9-13)17(29)11-30-19-25-24-18(27(19)22)14-4-2-3-5-15(14)20/h2-9H,10-11,22H2,1H3,(H,23,28). The number of hydrogen-bond donors (Lipinski definition) is 2. The van der Waals surface area contributed by atoms with Gasteiger partial charge in [0.2, 0.25) is 17.0 Å². The average Bonchev–Trinajstić information content (AvgIpc) is 3.08. The van der Waals surface area contributed by atoms with E-state index in [1.165, 1.54) is 40.9 Å². The molecule has 0 aliphatic rings. The third-order valence-corrected chi connectivity index (χ3v) is 5.30.